The van der Waals surface area contributed by atoms with Gasteiger partial charge in [-0.3, -0.25) is 4.79 Å². The predicted molar refractivity (Wildman–Crippen MR) is 134 cm³/mol. The number of nitriles is 1. The van der Waals surface area contributed by atoms with Crippen molar-refractivity contribution in [1.29, 1.82) is 5.26 Å². The molecule has 3 aromatic rings. The van der Waals surface area contributed by atoms with Crippen LogP contribution >= 0.6 is 0 Å². The summed E-state index contributed by atoms with van der Waals surface area (Å²) in [5.41, 5.74) is 3.15. The van der Waals surface area contributed by atoms with E-state index in [0.717, 1.165) is 16.7 Å². The summed E-state index contributed by atoms with van der Waals surface area (Å²) in [6.07, 6.45) is 3.75. The van der Waals surface area contributed by atoms with E-state index in [1.54, 1.807) is 24.3 Å². The highest BCUT2D eigenvalue weighted by atomic mass is 19.1. The van der Waals surface area contributed by atoms with Gasteiger partial charge < -0.3 is 14.8 Å². The molecule has 178 valence electrons. The first-order valence-electron chi connectivity index (χ1n) is 11.3. The molecule has 0 unspecified atom stereocenters. The highest BCUT2D eigenvalue weighted by Crippen LogP contribution is 2.35. The van der Waals surface area contributed by atoms with E-state index >= 15 is 0 Å². The van der Waals surface area contributed by atoms with Gasteiger partial charge in [0.25, 0.3) is 5.91 Å². The zero-order chi connectivity index (χ0) is 25.0. The van der Waals surface area contributed by atoms with Crippen LogP contribution in [0.3, 0.4) is 0 Å². The van der Waals surface area contributed by atoms with Gasteiger partial charge in [0.2, 0.25) is 0 Å². The van der Waals surface area contributed by atoms with Crippen molar-refractivity contribution in [3.8, 4) is 17.6 Å². The van der Waals surface area contributed by atoms with Gasteiger partial charge in [0.1, 0.15) is 24.1 Å². The number of hydrogen-bond acceptors (Lipinski definition) is 4. The Morgan fingerprint density at radius 1 is 1.09 bits per heavy atom. The summed E-state index contributed by atoms with van der Waals surface area (Å²) in [4.78, 5) is 12.6. The minimum atomic E-state index is -0.462. The second kappa shape index (κ2) is 12.8. The number of halogens is 1. The summed E-state index contributed by atoms with van der Waals surface area (Å²) in [5.74, 6) is 0.257. The zero-order valence-electron chi connectivity index (χ0n) is 19.6. The summed E-state index contributed by atoms with van der Waals surface area (Å²) in [7, 11) is 0. The van der Waals surface area contributed by atoms with Gasteiger partial charge >= 0.3 is 0 Å². The van der Waals surface area contributed by atoms with Crippen LogP contribution in [-0.4, -0.2) is 12.5 Å². The van der Waals surface area contributed by atoms with E-state index in [2.05, 4.69) is 11.9 Å². The second-order valence-corrected chi connectivity index (χ2v) is 7.69. The number of benzene rings is 3. The molecule has 0 atom stereocenters. The first kappa shape index (κ1) is 25.3. The fourth-order valence-corrected chi connectivity index (χ4v) is 3.43. The Balaban J connectivity index is 1.86. The van der Waals surface area contributed by atoms with E-state index in [-0.39, 0.29) is 18.0 Å². The monoisotopic (exact) mass is 470 g/mol. The van der Waals surface area contributed by atoms with Crippen LogP contribution in [0, 0.1) is 17.1 Å². The Bertz CT molecular complexity index is 1230. The molecule has 5 nitrogen and oxygen atoms in total. The van der Waals surface area contributed by atoms with Crippen LogP contribution in [-0.2, 0) is 24.4 Å². The lowest BCUT2D eigenvalue weighted by molar-refractivity contribution is -0.117. The summed E-state index contributed by atoms with van der Waals surface area (Å²) in [5, 5.41) is 12.4. The fraction of sp³-hybridized carbons (Fsp3) is 0.172. The number of carbonyl (C=O) groups is 1. The molecule has 6 heteroatoms. The number of hydrogen-bond donors (Lipinski definition) is 1. The van der Waals surface area contributed by atoms with Crippen LogP contribution in [0.5, 0.6) is 11.5 Å². The first-order chi connectivity index (χ1) is 17.0. The van der Waals surface area contributed by atoms with Crippen molar-refractivity contribution in [3.05, 3.63) is 113 Å². The third-order valence-electron chi connectivity index (χ3n) is 5.09. The number of carbonyl (C=O) groups excluding carboxylic acids is 1. The number of allylic oxidation sites excluding steroid dienone is 1. The molecule has 0 aliphatic rings. The average Bonchev–Trinajstić information content (AvgIpc) is 2.87. The standard InChI is InChI=1S/C29H27FN2O3/c1-3-8-24-15-23(16-25(18-31)29(33)32-19-21-9-6-5-7-10-21)17-27(34-4-2)28(24)35-20-22-11-13-26(30)14-12-22/h3,5-7,9-17H,1,4,8,19-20H2,2H3,(H,32,33)/b25-16+. The molecule has 3 aromatic carbocycles. The van der Waals surface area contributed by atoms with Crippen molar-refractivity contribution in [2.24, 2.45) is 0 Å². The smallest absolute Gasteiger partial charge is 0.262 e. The molecule has 0 bridgehead atoms. The summed E-state index contributed by atoms with van der Waals surface area (Å²) in [6.45, 7) is 6.62. The number of nitrogens with zero attached hydrogens (tertiary/aromatic N) is 1. The molecule has 0 saturated carbocycles. The highest BCUT2D eigenvalue weighted by Gasteiger charge is 2.15. The van der Waals surface area contributed by atoms with E-state index in [1.165, 1.54) is 18.2 Å². The first-order valence-corrected chi connectivity index (χ1v) is 11.3. The van der Waals surface area contributed by atoms with Crippen LogP contribution in [0.2, 0.25) is 0 Å². The van der Waals surface area contributed by atoms with Gasteiger partial charge in [-0.1, -0.05) is 48.5 Å². The van der Waals surface area contributed by atoms with E-state index in [0.29, 0.717) is 36.6 Å². The van der Waals surface area contributed by atoms with Gasteiger partial charge in [-0.25, -0.2) is 4.39 Å². The topological polar surface area (TPSA) is 71.4 Å². The lowest BCUT2D eigenvalue weighted by atomic mass is 10.0. The van der Waals surface area contributed by atoms with E-state index < -0.39 is 5.91 Å². The van der Waals surface area contributed by atoms with Gasteiger partial charge in [0.05, 0.1) is 6.61 Å². The van der Waals surface area contributed by atoms with Crippen molar-refractivity contribution in [2.75, 3.05) is 6.61 Å². The van der Waals surface area contributed by atoms with Crippen molar-refractivity contribution in [3.63, 3.8) is 0 Å². The lowest BCUT2D eigenvalue weighted by Crippen LogP contribution is -2.23. The second-order valence-electron chi connectivity index (χ2n) is 7.69. The molecule has 1 N–H and O–H groups in total. The van der Waals surface area contributed by atoms with Gasteiger partial charge in [0, 0.05) is 12.1 Å². The van der Waals surface area contributed by atoms with Gasteiger partial charge in [-0.05, 0) is 60.4 Å². The molecule has 0 spiro atoms. The molecular formula is C29H27FN2O3. The highest BCUT2D eigenvalue weighted by molar-refractivity contribution is 6.01. The Labute approximate surface area is 205 Å². The Morgan fingerprint density at radius 2 is 1.83 bits per heavy atom. The molecule has 0 fully saturated rings. The number of ether oxygens (including phenoxy) is 2. The molecule has 0 aliphatic carbocycles. The van der Waals surface area contributed by atoms with Crippen molar-refractivity contribution in [2.45, 2.75) is 26.5 Å². The molecule has 35 heavy (non-hydrogen) atoms. The van der Waals surface area contributed by atoms with Crippen LogP contribution in [0.4, 0.5) is 4.39 Å². The predicted octanol–water partition coefficient (Wildman–Crippen LogP) is 5.76. The minimum absolute atomic E-state index is 0.0205. The molecular weight excluding hydrogens is 443 g/mol. The molecule has 0 aliphatic heterocycles. The largest absolute Gasteiger partial charge is 0.490 e. The summed E-state index contributed by atoms with van der Waals surface area (Å²) < 4.78 is 25.1. The Kier molecular flexibility index (Phi) is 9.21. The molecule has 0 heterocycles. The van der Waals surface area contributed by atoms with Gasteiger partial charge in [-0.2, -0.15) is 5.26 Å². The number of amides is 1. The van der Waals surface area contributed by atoms with Crippen molar-refractivity contribution in [1.82, 2.24) is 5.32 Å². The molecule has 0 saturated heterocycles. The third kappa shape index (κ3) is 7.31. The van der Waals surface area contributed by atoms with E-state index in [4.69, 9.17) is 9.47 Å². The SMILES string of the molecule is C=CCc1cc(/C=C(\C#N)C(=O)NCc2ccccc2)cc(OCC)c1OCc1ccc(F)cc1. The molecule has 0 aromatic heterocycles. The molecule has 3 rings (SSSR count). The van der Waals surface area contributed by atoms with Crippen LogP contribution in [0.25, 0.3) is 6.08 Å². The summed E-state index contributed by atoms with van der Waals surface area (Å²) in [6, 6.07) is 21.1. The normalized spacial score (nSPS) is 10.8. The maximum Gasteiger partial charge on any atom is 0.262 e. The third-order valence-corrected chi connectivity index (χ3v) is 5.09. The maximum atomic E-state index is 13.2. The Morgan fingerprint density at radius 3 is 2.49 bits per heavy atom. The van der Waals surface area contributed by atoms with Gasteiger partial charge in [-0.15, -0.1) is 6.58 Å². The average molecular weight is 471 g/mol. The van der Waals surface area contributed by atoms with Crippen LogP contribution < -0.4 is 14.8 Å². The van der Waals surface area contributed by atoms with Gasteiger partial charge in [0.15, 0.2) is 11.5 Å². The lowest BCUT2D eigenvalue weighted by Gasteiger charge is -2.17. The van der Waals surface area contributed by atoms with E-state index in [1.807, 2.05) is 49.4 Å². The number of nitrogens with one attached hydrogen (secondary N) is 1. The van der Waals surface area contributed by atoms with Crippen molar-refractivity contribution < 1.29 is 18.7 Å². The quantitative estimate of drug-likeness (QED) is 0.220. The minimum Gasteiger partial charge on any atom is -0.490 e. The number of rotatable bonds is 11. The Hall–Kier alpha value is -4.37. The van der Waals surface area contributed by atoms with Crippen LogP contribution in [0.15, 0.2) is 85.0 Å². The molecule has 1 amide bonds. The zero-order valence-corrected chi connectivity index (χ0v) is 19.6. The van der Waals surface area contributed by atoms with E-state index in [9.17, 15) is 14.4 Å². The summed E-state index contributed by atoms with van der Waals surface area (Å²) >= 11 is 0. The molecule has 0 radical (unpaired) electrons. The van der Waals surface area contributed by atoms with Crippen LogP contribution in [0.1, 0.15) is 29.2 Å². The maximum absolute atomic E-state index is 13.2. The van der Waals surface area contributed by atoms with Crippen molar-refractivity contribution >= 4 is 12.0 Å². The fourth-order valence-electron chi connectivity index (χ4n) is 3.43.